The first-order valence-electron chi connectivity index (χ1n) is 6.87. The second kappa shape index (κ2) is 7.44. The molecule has 0 atom stereocenters. The van der Waals surface area contributed by atoms with E-state index in [1.165, 1.54) is 24.7 Å². The lowest BCUT2D eigenvalue weighted by atomic mass is 10.2. The zero-order valence-corrected chi connectivity index (χ0v) is 15.9. The Labute approximate surface area is 142 Å². The van der Waals surface area contributed by atoms with E-state index in [-0.39, 0.29) is 5.75 Å². The Kier molecular flexibility index (Phi) is 6.11. The van der Waals surface area contributed by atoms with Gasteiger partial charge in [-0.25, -0.2) is 8.42 Å². The van der Waals surface area contributed by atoms with Gasteiger partial charge in [0.05, 0.1) is 21.3 Å². The standard InChI is InChI=1S/C14H19Br2NO3S/c1-21(18,19)6-2-5-20-14-12(15)7-10(8-13(14)16)9-17-11-3-4-11/h7-8,11,17H,2-6,9H2,1H3. The van der Waals surface area contributed by atoms with E-state index in [1.54, 1.807) is 0 Å². The maximum Gasteiger partial charge on any atom is 0.147 e. The molecule has 0 saturated heterocycles. The zero-order chi connectivity index (χ0) is 15.5. The third-order valence-corrected chi connectivity index (χ3v) is 5.34. The maximum atomic E-state index is 11.1. The summed E-state index contributed by atoms with van der Waals surface area (Å²) < 4.78 is 29.6. The third-order valence-electron chi connectivity index (χ3n) is 3.14. The molecule has 0 amide bonds. The molecule has 2 rings (SSSR count). The Balaban J connectivity index is 1.89. The molecule has 1 fully saturated rings. The van der Waals surface area contributed by atoms with Crippen LogP contribution in [0, 0.1) is 0 Å². The highest BCUT2D eigenvalue weighted by molar-refractivity contribution is 9.11. The summed E-state index contributed by atoms with van der Waals surface area (Å²) in [6.07, 6.45) is 4.26. The first-order valence-corrected chi connectivity index (χ1v) is 10.5. The Morgan fingerprint density at radius 3 is 2.43 bits per heavy atom. The van der Waals surface area contributed by atoms with Crippen molar-refractivity contribution in [2.24, 2.45) is 0 Å². The van der Waals surface area contributed by atoms with Gasteiger partial charge in [0.15, 0.2) is 0 Å². The lowest BCUT2D eigenvalue weighted by molar-refractivity contribution is 0.313. The van der Waals surface area contributed by atoms with Gasteiger partial charge in [-0.15, -0.1) is 0 Å². The number of sulfone groups is 1. The van der Waals surface area contributed by atoms with E-state index in [2.05, 4.69) is 37.2 Å². The van der Waals surface area contributed by atoms with Crippen molar-refractivity contribution in [3.8, 4) is 5.75 Å². The van der Waals surface area contributed by atoms with Crippen molar-refractivity contribution < 1.29 is 13.2 Å². The molecule has 0 aliphatic heterocycles. The number of benzene rings is 1. The van der Waals surface area contributed by atoms with Crippen LogP contribution >= 0.6 is 31.9 Å². The van der Waals surface area contributed by atoms with Crippen molar-refractivity contribution in [3.05, 3.63) is 26.6 Å². The summed E-state index contributed by atoms with van der Waals surface area (Å²) in [6.45, 7) is 1.22. The van der Waals surface area contributed by atoms with Crippen LogP contribution in [-0.2, 0) is 16.4 Å². The molecule has 118 valence electrons. The predicted molar refractivity (Wildman–Crippen MR) is 91.5 cm³/mol. The molecule has 0 bridgehead atoms. The summed E-state index contributed by atoms with van der Waals surface area (Å²) >= 11 is 7.02. The van der Waals surface area contributed by atoms with Gasteiger partial charge in [0.1, 0.15) is 15.6 Å². The lowest BCUT2D eigenvalue weighted by Gasteiger charge is -2.12. The first kappa shape index (κ1) is 17.2. The predicted octanol–water partition coefficient (Wildman–Crippen LogP) is 3.28. The minimum atomic E-state index is -2.93. The minimum absolute atomic E-state index is 0.144. The average molecular weight is 441 g/mol. The smallest absolute Gasteiger partial charge is 0.147 e. The Morgan fingerprint density at radius 2 is 1.90 bits per heavy atom. The molecular formula is C14H19Br2NO3S. The van der Waals surface area contributed by atoms with Crippen LogP contribution in [0.3, 0.4) is 0 Å². The third kappa shape index (κ3) is 6.26. The highest BCUT2D eigenvalue weighted by Crippen LogP contribution is 2.35. The molecule has 0 unspecified atom stereocenters. The molecule has 21 heavy (non-hydrogen) atoms. The molecule has 1 N–H and O–H groups in total. The summed E-state index contributed by atoms with van der Waals surface area (Å²) in [4.78, 5) is 0. The monoisotopic (exact) mass is 439 g/mol. The average Bonchev–Trinajstić information content (AvgIpc) is 3.17. The van der Waals surface area contributed by atoms with Gasteiger partial charge in [0.25, 0.3) is 0 Å². The quantitative estimate of drug-likeness (QED) is 0.630. The normalized spacial score (nSPS) is 15.2. The lowest BCUT2D eigenvalue weighted by Crippen LogP contribution is -2.15. The van der Waals surface area contributed by atoms with Crippen LogP contribution in [-0.4, -0.2) is 33.1 Å². The molecule has 0 aromatic heterocycles. The molecule has 0 radical (unpaired) electrons. The van der Waals surface area contributed by atoms with Crippen LogP contribution in [0.5, 0.6) is 5.75 Å². The molecule has 4 nitrogen and oxygen atoms in total. The number of nitrogens with one attached hydrogen (secondary N) is 1. The van der Waals surface area contributed by atoms with E-state index in [1.807, 2.05) is 12.1 Å². The SMILES string of the molecule is CS(=O)(=O)CCCOc1c(Br)cc(CNC2CC2)cc1Br. The van der Waals surface area contributed by atoms with Crippen molar-refractivity contribution in [3.63, 3.8) is 0 Å². The van der Waals surface area contributed by atoms with E-state index >= 15 is 0 Å². The molecule has 1 aromatic carbocycles. The van der Waals surface area contributed by atoms with E-state index < -0.39 is 9.84 Å². The highest BCUT2D eigenvalue weighted by Gasteiger charge is 2.20. The minimum Gasteiger partial charge on any atom is -0.491 e. The van der Waals surface area contributed by atoms with Crippen LogP contribution in [0.1, 0.15) is 24.8 Å². The first-order chi connectivity index (χ1) is 9.85. The molecule has 1 aromatic rings. The van der Waals surface area contributed by atoms with E-state index in [9.17, 15) is 8.42 Å². The molecule has 0 heterocycles. The van der Waals surface area contributed by atoms with Gasteiger partial charge in [-0.3, -0.25) is 0 Å². The van der Waals surface area contributed by atoms with Gasteiger partial charge in [-0.1, -0.05) is 0 Å². The Hall–Kier alpha value is -0.110. The van der Waals surface area contributed by atoms with Crippen LogP contribution in [0.15, 0.2) is 21.1 Å². The zero-order valence-electron chi connectivity index (χ0n) is 11.9. The molecular weight excluding hydrogens is 422 g/mol. The van der Waals surface area contributed by atoms with E-state index in [4.69, 9.17) is 4.74 Å². The maximum absolute atomic E-state index is 11.1. The summed E-state index contributed by atoms with van der Waals surface area (Å²) in [5.74, 6) is 0.865. The second-order valence-electron chi connectivity index (χ2n) is 5.38. The Bertz CT molecular complexity index is 577. The fourth-order valence-electron chi connectivity index (χ4n) is 1.90. The number of ether oxygens (including phenoxy) is 1. The van der Waals surface area contributed by atoms with Gasteiger partial charge in [0, 0.05) is 18.8 Å². The number of halogens is 2. The summed E-state index contributed by atoms with van der Waals surface area (Å²) in [5, 5.41) is 3.47. The van der Waals surface area contributed by atoms with Gasteiger partial charge < -0.3 is 10.1 Å². The largest absolute Gasteiger partial charge is 0.491 e. The van der Waals surface area contributed by atoms with Crippen molar-refractivity contribution >= 4 is 41.7 Å². The number of rotatable bonds is 8. The summed E-state index contributed by atoms with van der Waals surface area (Å²) in [5.41, 5.74) is 1.18. The second-order valence-corrected chi connectivity index (χ2v) is 9.34. The van der Waals surface area contributed by atoms with Crippen LogP contribution in [0.4, 0.5) is 0 Å². The van der Waals surface area contributed by atoms with E-state index in [0.717, 1.165) is 21.2 Å². The van der Waals surface area contributed by atoms with Gasteiger partial charge >= 0.3 is 0 Å². The molecule has 7 heteroatoms. The van der Waals surface area contributed by atoms with Crippen LogP contribution in [0.25, 0.3) is 0 Å². The Morgan fingerprint density at radius 1 is 1.29 bits per heavy atom. The van der Waals surface area contributed by atoms with Crippen molar-refractivity contribution in [1.29, 1.82) is 0 Å². The fourth-order valence-corrected chi connectivity index (χ4v) is 4.05. The van der Waals surface area contributed by atoms with Gasteiger partial charge in [-0.05, 0) is 68.8 Å². The molecule has 1 aliphatic rings. The summed E-state index contributed by atoms with van der Waals surface area (Å²) in [7, 11) is -2.93. The topological polar surface area (TPSA) is 55.4 Å². The summed E-state index contributed by atoms with van der Waals surface area (Å²) in [6, 6.07) is 4.74. The van der Waals surface area contributed by atoms with Crippen molar-refractivity contribution in [2.75, 3.05) is 18.6 Å². The fraction of sp³-hybridized carbons (Fsp3) is 0.571. The molecule has 1 saturated carbocycles. The molecule has 0 spiro atoms. The van der Waals surface area contributed by atoms with Gasteiger partial charge in [-0.2, -0.15) is 0 Å². The van der Waals surface area contributed by atoms with Crippen molar-refractivity contribution in [1.82, 2.24) is 5.32 Å². The highest BCUT2D eigenvalue weighted by atomic mass is 79.9. The van der Waals surface area contributed by atoms with E-state index in [0.29, 0.717) is 19.1 Å². The number of hydrogen-bond donors (Lipinski definition) is 1. The van der Waals surface area contributed by atoms with Crippen LogP contribution < -0.4 is 10.1 Å². The molecule has 1 aliphatic carbocycles. The van der Waals surface area contributed by atoms with Crippen molar-refractivity contribution in [2.45, 2.75) is 31.8 Å². The number of hydrogen-bond acceptors (Lipinski definition) is 4. The van der Waals surface area contributed by atoms with Crippen LogP contribution in [0.2, 0.25) is 0 Å². The van der Waals surface area contributed by atoms with Gasteiger partial charge in [0.2, 0.25) is 0 Å².